The van der Waals surface area contributed by atoms with Crippen LogP contribution in [0, 0.1) is 0 Å². The molecule has 94 valence electrons. The normalized spacial score (nSPS) is 12.7. The number of hydrogen-bond acceptors (Lipinski definition) is 4. The summed E-state index contributed by atoms with van der Waals surface area (Å²) < 4.78 is 4.84. The lowest BCUT2D eigenvalue weighted by Crippen LogP contribution is -2.18. The van der Waals surface area contributed by atoms with Crippen LogP contribution < -0.4 is 0 Å². The third-order valence-corrected chi connectivity index (χ3v) is 1.74. The number of carboxylic acid groups (broad SMARTS) is 2. The first-order valence-corrected chi connectivity index (χ1v) is 4.77. The zero-order valence-corrected chi connectivity index (χ0v) is 9.60. The Balaban J connectivity index is 4.58. The predicted octanol–water partition coefficient (Wildman–Crippen LogP) is 0.980. The van der Waals surface area contributed by atoms with Crippen molar-refractivity contribution < 1.29 is 29.3 Å². The molecule has 0 fully saturated rings. The summed E-state index contributed by atoms with van der Waals surface area (Å²) in [6, 6.07) is 0. The first-order valence-electron chi connectivity index (χ1n) is 4.77. The van der Waals surface area contributed by atoms with E-state index in [9.17, 15) is 14.4 Å². The van der Waals surface area contributed by atoms with Gasteiger partial charge < -0.3 is 14.9 Å². The van der Waals surface area contributed by atoms with Crippen molar-refractivity contribution in [3.8, 4) is 0 Å². The van der Waals surface area contributed by atoms with E-state index in [2.05, 4.69) is 6.58 Å². The molecule has 0 aromatic heterocycles. The average molecular weight is 242 g/mol. The van der Waals surface area contributed by atoms with E-state index in [4.69, 9.17) is 14.9 Å². The molecule has 2 N–H and O–H groups in total. The number of hydrogen-bond donors (Lipinski definition) is 2. The molecule has 0 aromatic rings. The second-order valence-electron chi connectivity index (χ2n) is 3.51. The Bertz CT molecular complexity index is 379. The molecule has 0 spiro atoms. The molecule has 1 atom stereocenters. The lowest BCUT2D eigenvalue weighted by molar-refractivity contribution is -0.144. The third kappa shape index (κ3) is 6.14. The third-order valence-electron chi connectivity index (χ3n) is 1.74. The van der Waals surface area contributed by atoms with Crippen LogP contribution in [-0.4, -0.2) is 34.2 Å². The monoisotopic (exact) mass is 242 g/mol. The van der Waals surface area contributed by atoms with Crippen LogP contribution in [0.1, 0.15) is 20.3 Å². The number of rotatable bonds is 6. The van der Waals surface area contributed by atoms with Gasteiger partial charge in [-0.15, -0.1) is 0 Å². The van der Waals surface area contributed by atoms with Gasteiger partial charge in [0.05, 0.1) is 0 Å². The summed E-state index contributed by atoms with van der Waals surface area (Å²) in [6.07, 6.45) is -0.338. The molecule has 6 heteroatoms. The van der Waals surface area contributed by atoms with Crippen LogP contribution in [0.2, 0.25) is 0 Å². The summed E-state index contributed by atoms with van der Waals surface area (Å²) in [5.74, 6) is -3.36. The lowest BCUT2D eigenvalue weighted by atomic mass is 10.1. The molecular weight excluding hydrogens is 228 g/mol. The van der Waals surface area contributed by atoms with Crippen LogP contribution >= 0.6 is 0 Å². The van der Waals surface area contributed by atoms with Gasteiger partial charge in [0.1, 0.15) is 6.10 Å². The maximum Gasteiger partial charge on any atom is 0.333 e. The minimum Gasteiger partial charge on any atom is -0.478 e. The number of carbonyl (C=O) groups is 3. The van der Waals surface area contributed by atoms with E-state index in [-0.39, 0.29) is 17.6 Å². The summed E-state index contributed by atoms with van der Waals surface area (Å²) in [6.45, 7) is 6.30. The zero-order valence-electron chi connectivity index (χ0n) is 9.60. The number of esters is 1. The number of carbonyl (C=O) groups excluding carboxylic acids is 1. The Morgan fingerprint density at radius 1 is 1.35 bits per heavy atom. The average Bonchev–Trinajstić information content (AvgIpc) is 2.15. The molecule has 17 heavy (non-hydrogen) atoms. The largest absolute Gasteiger partial charge is 0.478 e. The van der Waals surface area contributed by atoms with E-state index in [0.29, 0.717) is 6.08 Å². The first-order chi connectivity index (χ1) is 7.73. The summed E-state index contributed by atoms with van der Waals surface area (Å²) >= 11 is 0. The summed E-state index contributed by atoms with van der Waals surface area (Å²) in [5, 5.41) is 17.2. The van der Waals surface area contributed by atoms with E-state index >= 15 is 0 Å². The molecule has 6 nitrogen and oxygen atoms in total. The van der Waals surface area contributed by atoms with Crippen molar-refractivity contribution in [1.82, 2.24) is 0 Å². The molecular formula is C11H14O6. The highest BCUT2D eigenvalue weighted by atomic mass is 16.5. The minimum absolute atomic E-state index is 0.180. The fourth-order valence-corrected chi connectivity index (χ4v) is 0.992. The van der Waals surface area contributed by atoms with Gasteiger partial charge in [-0.05, 0) is 13.8 Å². The Morgan fingerprint density at radius 2 is 1.88 bits per heavy atom. The molecule has 0 aromatic carbocycles. The summed E-state index contributed by atoms with van der Waals surface area (Å²) in [7, 11) is 0. The number of carboxylic acids is 2. The summed E-state index contributed by atoms with van der Waals surface area (Å²) in [5.41, 5.74) is -0.143. The van der Waals surface area contributed by atoms with Crippen molar-refractivity contribution in [1.29, 1.82) is 0 Å². The molecule has 0 radical (unpaired) electrons. The van der Waals surface area contributed by atoms with Gasteiger partial charge in [-0.3, -0.25) is 0 Å². The van der Waals surface area contributed by atoms with Gasteiger partial charge >= 0.3 is 17.9 Å². The molecule has 0 heterocycles. The van der Waals surface area contributed by atoms with Gasteiger partial charge in [0, 0.05) is 23.6 Å². The highest BCUT2D eigenvalue weighted by Crippen LogP contribution is 2.10. The fraction of sp³-hybridized carbons (Fsp3) is 0.364. The van der Waals surface area contributed by atoms with Crippen molar-refractivity contribution >= 4 is 17.9 Å². The quantitative estimate of drug-likeness (QED) is 0.531. The Morgan fingerprint density at radius 3 is 2.24 bits per heavy atom. The van der Waals surface area contributed by atoms with Crippen LogP contribution in [0.5, 0.6) is 0 Å². The first kappa shape index (κ1) is 14.9. The molecule has 0 aliphatic carbocycles. The Hall–Kier alpha value is -2.11. The molecule has 1 unspecified atom stereocenters. The van der Waals surface area contributed by atoms with Crippen LogP contribution in [-0.2, 0) is 19.1 Å². The predicted molar refractivity (Wildman–Crippen MR) is 58.3 cm³/mol. The molecule has 0 bridgehead atoms. The van der Waals surface area contributed by atoms with E-state index in [1.54, 1.807) is 0 Å². The highest BCUT2D eigenvalue weighted by molar-refractivity contribution is 5.94. The van der Waals surface area contributed by atoms with Crippen molar-refractivity contribution in [2.45, 2.75) is 26.4 Å². The van der Waals surface area contributed by atoms with Crippen molar-refractivity contribution in [3.63, 3.8) is 0 Å². The standard InChI is InChI=1S/C11H14O6/c1-6(2)11(16)17-7(3)4-8(10(14)15)5-9(12)13/h5,7H,1,4H2,2-3H3,(H,12,13)(H,14,15)/b8-5+. The fourth-order valence-electron chi connectivity index (χ4n) is 0.992. The molecule has 0 rings (SSSR count). The maximum absolute atomic E-state index is 11.1. The van der Waals surface area contributed by atoms with Gasteiger partial charge in [0.2, 0.25) is 0 Å². The maximum atomic E-state index is 11.1. The SMILES string of the molecule is C=C(C)C(=O)OC(C)C/C(=C\C(=O)O)C(=O)O. The Labute approximate surface area is 98.2 Å². The topological polar surface area (TPSA) is 101 Å². The number of ether oxygens (including phenoxy) is 1. The van der Waals surface area contributed by atoms with Crippen LogP contribution in [0.15, 0.2) is 23.8 Å². The van der Waals surface area contributed by atoms with Crippen LogP contribution in [0.3, 0.4) is 0 Å². The van der Waals surface area contributed by atoms with Gasteiger partial charge in [0.15, 0.2) is 0 Å². The molecule has 0 saturated heterocycles. The minimum atomic E-state index is -1.36. The van der Waals surface area contributed by atoms with Gasteiger partial charge in [-0.1, -0.05) is 6.58 Å². The van der Waals surface area contributed by atoms with E-state index in [1.165, 1.54) is 13.8 Å². The van der Waals surface area contributed by atoms with Crippen molar-refractivity contribution in [2.75, 3.05) is 0 Å². The van der Waals surface area contributed by atoms with Gasteiger partial charge in [0.25, 0.3) is 0 Å². The summed E-state index contributed by atoms with van der Waals surface area (Å²) in [4.78, 5) is 32.2. The van der Waals surface area contributed by atoms with Crippen molar-refractivity contribution in [3.05, 3.63) is 23.8 Å². The van der Waals surface area contributed by atoms with Gasteiger partial charge in [-0.2, -0.15) is 0 Å². The van der Waals surface area contributed by atoms with E-state index in [1.807, 2.05) is 0 Å². The van der Waals surface area contributed by atoms with E-state index < -0.39 is 24.0 Å². The van der Waals surface area contributed by atoms with Crippen LogP contribution in [0.25, 0.3) is 0 Å². The molecule has 0 saturated carbocycles. The van der Waals surface area contributed by atoms with Crippen molar-refractivity contribution in [2.24, 2.45) is 0 Å². The molecule has 0 amide bonds. The molecule has 0 aliphatic rings. The smallest absolute Gasteiger partial charge is 0.333 e. The highest BCUT2D eigenvalue weighted by Gasteiger charge is 2.17. The number of aliphatic carboxylic acids is 2. The van der Waals surface area contributed by atoms with E-state index in [0.717, 1.165) is 0 Å². The molecule has 0 aliphatic heterocycles. The Kier molecular flexibility index (Phi) is 5.66. The van der Waals surface area contributed by atoms with Crippen LogP contribution in [0.4, 0.5) is 0 Å². The second kappa shape index (κ2) is 6.47. The zero-order chi connectivity index (χ0) is 13.6. The second-order valence-corrected chi connectivity index (χ2v) is 3.51. The van der Waals surface area contributed by atoms with Gasteiger partial charge in [-0.25, -0.2) is 14.4 Å². The lowest BCUT2D eigenvalue weighted by Gasteiger charge is -2.13.